The van der Waals surface area contributed by atoms with Crippen LogP contribution in [0.3, 0.4) is 0 Å². The molecule has 2 aromatic carbocycles. The molecule has 2 aliphatic rings. The molecule has 1 spiro atoms. The van der Waals surface area contributed by atoms with Crippen LogP contribution in [0, 0.1) is 17.5 Å². The molecule has 11 heteroatoms. The lowest BCUT2D eigenvalue weighted by Gasteiger charge is -2.43. The molecule has 0 radical (unpaired) electrons. The van der Waals surface area contributed by atoms with E-state index in [9.17, 15) is 26.4 Å². The maximum absolute atomic E-state index is 13.3. The highest BCUT2D eigenvalue weighted by Gasteiger charge is 2.41. The number of piperidine rings is 1. The van der Waals surface area contributed by atoms with E-state index in [0.717, 1.165) is 0 Å². The molecule has 29 heavy (non-hydrogen) atoms. The zero-order valence-electron chi connectivity index (χ0n) is 15.0. The number of rotatable bonds is 2. The first-order chi connectivity index (χ1) is 13.7. The zero-order valence-corrected chi connectivity index (χ0v) is 15.8. The van der Waals surface area contributed by atoms with Gasteiger partial charge in [-0.05, 0) is 44.1 Å². The molecule has 1 amide bonds. The van der Waals surface area contributed by atoms with E-state index in [1.807, 2.05) is 0 Å². The Labute approximate surface area is 164 Å². The number of halogens is 3. The van der Waals surface area contributed by atoms with Crippen LogP contribution in [0.25, 0.3) is 0 Å². The minimum absolute atomic E-state index is 0.0395. The van der Waals surface area contributed by atoms with Crippen molar-refractivity contribution in [3.8, 4) is 0 Å². The first kappa shape index (κ1) is 19.7. The third kappa shape index (κ3) is 3.68. The van der Waals surface area contributed by atoms with Crippen molar-refractivity contribution in [3.63, 3.8) is 0 Å². The highest BCUT2D eigenvalue weighted by atomic mass is 32.2. The maximum Gasteiger partial charge on any atom is 0.255 e. The molecule has 0 unspecified atom stereocenters. The topological polar surface area (TPSA) is 99.3 Å². The van der Waals surface area contributed by atoms with Crippen LogP contribution in [0.2, 0.25) is 0 Å². The number of benzene rings is 2. The summed E-state index contributed by atoms with van der Waals surface area (Å²) in [5, 5.41) is 8.59. The normalized spacial score (nSPS) is 19.3. The SMILES string of the molecule is O=C(Nc1cc(F)c(F)c(F)c1)c1ccc2c(c1)S(=O)(=O)NC1(CCNCC1)N2. The van der Waals surface area contributed by atoms with E-state index in [4.69, 9.17) is 0 Å². The first-order valence-electron chi connectivity index (χ1n) is 8.82. The van der Waals surface area contributed by atoms with Crippen LogP contribution in [0.5, 0.6) is 0 Å². The van der Waals surface area contributed by atoms with Gasteiger partial charge in [0.25, 0.3) is 5.91 Å². The molecule has 0 aliphatic carbocycles. The Bertz CT molecular complexity index is 1080. The monoisotopic (exact) mass is 426 g/mol. The average Bonchev–Trinajstić information content (AvgIpc) is 2.65. The number of hydrogen-bond acceptors (Lipinski definition) is 5. The van der Waals surface area contributed by atoms with Gasteiger partial charge in [0.2, 0.25) is 10.0 Å². The van der Waals surface area contributed by atoms with Crippen LogP contribution in [0.1, 0.15) is 23.2 Å². The molecule has 0 atom stereocenters. The largest absolute Gasteiger partial charge is 0.365 e. The highest BCUT2D eigenvalue weighted by Crippen LogP contribution is 2.34. The summed E-state index contributed by atoms with van der Waals surface area (Å²) >= 11 is 0. The summed E-state index contributed by atoms with van der Waals surface area (Å²) in [6, 6.07) is 5.31. The number of carbonyl (C=O) groups excluding carboxylic acids is 1. The van der Waals surface area contributed by atoms with Crippen molar-refractivity contribution in [2.45, 2.75) is 23.4 Å². The van der Waals surface area contributed by atoms with E-state index in [2.05, 4.69) is 20.7 Å². The third-order valence-electron chi connectivity index (χ3n) is 4.94. The Balaban J connectivity index is 1.62. The van der Waals surface area contributed by atoms with Crippen molar-refractivity contribution in [1.29, 1.82) is 0 Å². The Kier molecular flexibility index (Phi) is 4.75. The number of fused-ring (bicyclic) bond motifs is 1. The van der Waals surface area contributed by atoms with Gasteiger partial charge in [-0.1, -0.05) is 0 Å². The maximum atomic E-state index is 13.3. The molecular formula is C18H17F3N4O3S. The molecule has 1 fully saturated rings. The van der Waals surface area contributed by atoms with Crippen LogP contribution >= 0.6 is 0 Å². The van der Waals surface area contributed by atoms with Crippen molar-refractivity contribution < 1.29 is 26.4 Å². The van der Waals surface area contributed by atoms with Crippen LogP contribution in [0.4, 0.5) is 24.5 Å². The predicted octanol–water partition coefficient (Wildman–Crippen LogP) is 2.14. The molecule has 7 nitrogen and oxygen atoms in total. The average molecular weight is 426 g/mol. The molecule has 4 N–H and O–H groups in total. The molecule has 2 heterocycles. The number of amides is 1. The highest BCUT2D eigenvalue weighted by molar-refractivity contribution is 7.89. The van der Waals surface area contributed by atoms with Gasteiger partial charge in [-0.25, -0.2) is 21.6 Å². The molecule has 154 valence electrons. The first-order valence-corrected chi connectivity index (χ1v) is 10.3. The second-order valence-corrected chi connectivity index (χ2v) is 8.63. The molecule has 0 aromatic heterocycles. The second-order valence-electron chi connectivity index (χ2n) is 6.98. The summed E-state index contributed by atoms with van der Waals surface area (Å²) < 4.78 is 67.9. The van der Waals surface area contributed by atoms with E-state index in [-0.39, 0.29) is 16.1 Å². The summed E-state index contributed by atoms with van der Waals surface area (Å²) in [5.74, 6) is -5.34. The summed E-state index contributed by atoms with van der Waals surface area (Å²) in [6.45, 7) is 1.30. The van der Waals surface area contributed by atoms with Crippen LogP contribution in [-0.2, 0) is 10.0 Å². The molecule has 2 aromatic rings. The summed E-state index contributed by atoms with van der Waals surface area (Å²) in [4.78, 5) is 12.3. The van der Waals surface area contributed by atoms with Crippen LogP contribution < -0.4 is 20.7 Å². The second kappa shape index (κ2) is 7.01. The van der Waals surface area contributed by atoms with Crippen LogP contribution in [0.15, 0.2) is 35.2 Å². The molecule has 4 rings (SSSR count). The third-order valence-corrected chi connectivity index (χ3v) is 6.51. The summed E-state index contributed by atoms with van der Waals surface area (Å²) in [5.41, 5.74) is -0.760. The van der Waals surface area contributed by atoms with Gasteiger partial charge >= 0.3 is 0 Å². The lowest BCUT2D eigenvalue weighted by molar-refractivity contribution is 0.102. The fourth-order valence-corrected chi connectivity index (χ4v) is 5.07. The quantitative estimate of drug-likeness (QED) is 0.552. The minimum Gasteiger partial charge on any atom is -0.365 e. The number of nitrogens with one attached hydrogen (secondary N) is 4. The molecule has 2 aliphatic heterocycles. The van der Waals surface area contributed by atoms with Gasteiger partial charge in [0.15, 0.2) is 17.5 Å². The van der Waals surface area contributed by atoms with Crippen molar-refractivity contribution in [2.75, 3.05) is 23.7 Å². The number of anilines is 2. The van der Waals surface area contributed by atoms with E-state index >= 15 is 0 Å². The summed E-state index contributed by atoms with van der Waals surface area (Å²) in [6.07, 6.45) is 1.10. The number of sulfonamides is 1. The van der Waals surface area contributed by atoms with E-state index in [1.165, 1.54) is 18.2 Å². The number of carbonyl (C=O) groups is 1. The minimum atomic E-state index is -3.89. The van der Waals surface area contributed by atoms with E-state index in [1.54, 1.807) is 0 Å². The van der Waals surface area contributed by atoms with Crippen molar-refractivity contribution in [1.82, 2.24) is 10.0 Å². The van der Waals surface area contributed by atoms with Gasteiger partial charge < -0.3 is 16.0 Å². The number of hydrogen-bond donors (Lipinski definition) is 4. The Morgan fingerprint density at radius 3 is 2.34 bits per heavy atom. The zero-order chi connectivity index (χ0) is 20.8. The molecule has 1 saturated heterocycles. The fourth-order valence-electron chi connectivity index (χ4n) is 3.50. The van der Waals surface area contributed by atoms with E-state index < -0.39 is 39.0 Å². The van der Waals surface area contributed by atoms with Gasteiger partial charge in [0.1, 0.15) is 10.6 Å². The van der Waals surface area contributed by atoms with Crippen molar-refractivity contribution in [3.05, 3.63) is 53.3 Å². The Morgan fingerprint density at radius 1 is 1.03 bits per heavy atom. The van der Waals surface area contributed by atoms with Gasteiger partial charge in [0.05, 0.1) is 5.69 Å². The van der Waals surface area contributed by atoms with E-state index in [0.29, 0.717) is 43.8 Å². The Morgan fingerprint density at radius 2 is 1.69 bits per heavy atom. The lowest BCUT2D eigenvalue weighted by atomic mass is 9.98. The predicted molar refractivity (Wildman–Crippen MR) is 99.5 cm³/mol. The van der Waals surface area contributed by atoms with Gasteiger partial charge in [0, 0.05) is 23.4 Å². The van der Waals surface area contributed by atoms with Crippen molar-refractivity contribution >= 4 is 27.3 Å². The van der Waals surface area contributed by atoms with Gasteiger partial charge in [-0.3, -0.25) is 4.79 Å². The van der Waals surface area contributed by atoms with Gasteiger partial charge in [-0.15, -0.1) is 0 Å². The lowest BCUT2D eigenvalue weighted by Crippen LogP contribution is -2.61. The molecule has 0 bridgehead atoms. The fraction of sp³-hybridized carbons (Fsp3) is 0.278. The standard InChI is InChI=1S/C18H17F3N4O3S/c19-12-8-11(9-13(20)16(12)21)23-17(26)10-1-2-14-15(7-10)29(27,28)25-18(24-14)3-5-22-6-4-18/h1-2,7-9,22,24-25H,3-6H2,(H,23,26). The summed E-state index contributed by atoms with van der Waals surface area (Å²) in [7, 11) is -3.89. The van der Waals surface area contributed by atoms with Gasteiger partial charge in [-0.2, -0.15) is 4.72 Å². The smallest absolute Gasteiger partial charge is 0.255 e. The van der Waals surface area contributed by atoms with Crippen molar-refractivity contribution in [2.24, 2.45) is 0 Å². The molecular weight excluding hydrogens is 409 g/mol. The Hall–Kier alpha value is -2.63. The van der Waals surface area contributed by atoms with Crippen LogP contribution in [-0.4, -0.2) is 33.1 Å². The molecule has 0 saturated carbocycles.